The number of rotatable bonds is 5. The SMILES string of the molecule is CCNC(Cc1ccc(C)cc1Cl)c1ccnc(C)n1. The van der Waals surface area contributed by atoms with Crippen molar-refractivity contribution in [2.45, 2.75) is 33.2 Å². The van der Waals surface area contributed by atoms with E-state index < -0.39 is 0 Å². The number of hydrogen-bond donors (Lipinski definition) is 1. The van der Waals surface area contributed by atoms with Crippen molar-refractivity contribution in [3.63, 3.8) is 0 Å². The molecule has 1 N–H and O–H groups in total. The van der Waals surface area contributed by atoms with Crippen molar-refractivity contribution in [3.8, 4) is 0 Å². The molecule has 0 bridgehead atoms. The molecule has 3 nitrogen and oxygen atoms in total. The van der Waals surface area contributed by atoms with Gasteiger partial charge in [0.05, 0.1) is 11.7 Å². The van der Waals surface area contributed by atoms with Crippen LogP contribution in [0.2, 0.25) is 5.02 Å². The lowest BCUT2D eigenvalue weighted by atomic mass is 10.0. The molecular weight excluding hydrogens is 270 g/mol. The maximum absolute atomic E-state index is 6.33. The molecule has 0 radical (unpaired) electrons. The molecule has 1 heterocycles. The maximum Gasteiger partial charge on any atom is 0.125 e. The number of aryl methyl sites for hydroxylation is 2. The molecule has 20 heavy (non-hydrogen) atoms. The second-order valence-electron chi connectivity index (χ2n) is 4.94. The van der Waals surface area contributed by atoms with Gasteiger partial charge in [-0.3, -0.25) is 0 Å². The first-order chi connectivity index (χ1) is 9.60. The van der Waals surface area contributed by atoms with E-state index in [-0.39, 0.29) is 6.04 Å². The van der Waals surface area contributed by atoms with E-state index in [1.165, 1.54) is 5.56 Å². The van der Waals surface area contributed by atoms with Crippen LogP contribution in [0.4, 0.5) is 0 Å². The van der Waals surface area contributed by atoms with Gasteiger partial charge in [0.2, 0.25) is 0 Å². The maximum atomic E-state index is 6.33. The largest absolute Gasteiger partial charge is 0.309 e. The lowest BCUT2D eigenvalue weighted by Crippen LogP contribution is -2.24. The molecule has 2 aromatic rings. The fourth-order valence-corrected chi connectivity index (χ4v) is 2.55. The Morgan fingerprint density at radius 1 is 1.25 bits per heavy atom. The number of nitrogens with one attached hydrogen (secondary N) is 1. The summed E-state index contributed by atoms with van der Waals surface area (Å²) >= 11 is 6.33. The summed E-state index contributed by atoms with van der Waals surface area (Å²) in [6.07, 6.45) is 2.63. The number of likely N-dealkylation sites (N-methyl/N-ethyl adjacent to an activating group) is 1. The van der Waals surface area contributed by atoms with Crippen molar-refractivity contribution in [1.82, 2.24) is 15.3 Å². The summed E-state index contributed by atoms with van der Waals surface area (Å²) in [5.41, 5.74) is 3.33. The summed E-state index contributed by atoms with van der Waals surface area (Å²) in [5.74, 6) is 0.792. The van der Waals surface area contributed by atoms with Crippen LogP contribution in [0, 0.1) is 13.8 Å². The fourth-order valence-electron chi connectivity index (χ4n) is 2.23. The molecule has 0 fully saturated rings. The second kappa shape index (κ2) is 6.82. The average molecular weight is 290 g/mol. The number of hydrogen-bond acceptors (Lipinski definition) is 3. The number of nitrogens with zero attached hydrogens (tertiary/aromatic N) is 2. The zero-order chi connectivity index (χ0) is 14.5. The Morgan fingerprint density at radius 2 is 2.05 bits per heavy atom. The normalized spacial score (nSPS) is 12.4. The van der Waals surface area contributed by atoms with Gasteiger partial charge in [0.25, 0.3) is 0 Å². The van der Waals surface area contributed by atoms with Crippen molar-refractivity contribution < 1.29 is 0 Å². The summed E-state index contributed by atoms with van der Waals surface area (Å²) in [6, 6.07) is 8.31. The van der Waals surface area contributed by atoms with Gasteiger partial charge >= 0.3 is 0 Å². The van der Waals surface area contributed by atoms with Crippen LogP contribution in [0.15, 0.2) is 30.5 Å². The van der Waals surface area contributed by atoms with Gasteiger partial charge in [-0.15, -0.1) is 0 Å². The van der Waals surface area contributed by atoms with Gasteiger partial charge in [-0.25, -0.2) is 9.97 Å². The molecular formula is C16H20ClN3. The zero-order valence-corrected chi connectivity index (χ0v) is 12.9. The molecule has 0 saturated carbocycles. The molecule has 106 valence electrons. The first kappa shape index (κ1) is 14.9. The highest BCUT2D eigenvalue weighted by Gasteiger charge is 2.14. The van der Waals surface area contributed by atoms with E-state index in [1.807, 2.05) is 26.0 Å². The van der Waals surface area contributed by atoms with Gasteiger partial charge in [0.15, 0.2) is 0 Å². The van der Waals surface area contributed by atoms with Gasteiger partial charge in [-0.05, 0) is 50.1 Å². The van der Waals surface area contributed by atoms with Crippen LogP contribution in [0.1, 0.15) is 35.6 Å². The first-order valence-corrected chi connectivity index (χ1v) is 7.26. The molecule has 0 aliphatic rings. The summed E-state index contributed by atoms with van der Waals surface area (Å²) < 4.78 is 0. The standard InChI is InChI=1S/C16H20ClN3/c1-4-18-16(15-7-8-19-12(3)20-15)10-13-6-5-11(2)9-14(13)17/h5-9,16,18H,4,10H2,1-3H3. The van der Waals surface area contributed by atoms with Gasteiger partial charge in [0, 0.05) is 11.2 Å². The van der Waals surface area contributed by atoms with Crippen LogP contribution in [-0.4, -0.2) is 16.5 Å². The summed E-state index contributed by atoms with van der Waals surface area (Å²) in [4.78, 5) is 8.67. The van der Waals surface area contributed by atoms with Gasteiger partial charge in [-0.1, -0.05) is 30.7 Å². The van der Waals surface area contributed by atoms with Crippen LogP contribution in [-0.2, 0) is 6.42 Å². The number of benzene rings is 1. The third-order valence-corrected chi connectivity index (χ3v) is 3.59. The lowest BCUT2D eigenvalue weighted by Gasteiger charge is -2.18. The molecule has 4 heteroatoms. The number of aromatic nitrogens is 2. The van der Waals surface area contributed by atoms with E-state index in [0.717, 1.165) is 35.1 Å². The smallest absolute Gasteiger partial charge is 0.125 e. The minimum absolute atomic E-state index is 0.155. The zero-order valence-electron chi connectivity index (χ0n) is 12.2. The monoisotopic (exact) mass is 289 g/mol. The predicted octanol–water partition coefficient (Wildman–Crippen LogP) is 3.64. The fraction of sp³-hybridized carbons (Fsp3) is 0.375. The Labute approximate surface area is 125 Å². The van der Waals surface area contributed by atoms with Crippen LogP contribution in [0.5, 0.6) is 0 Å². The van der Waals surface area contributed by atoms with Crippen molar-refractivity contribution >= 4 is 11.6 Å². The Balaban J connectivity index is 2.25. The second-order valence-corrected chi connectivity index (χ2v) is 5.35. The highest BCUT2D eigenvalue weighted by atomic mass is 35.5. The molecule has 1 unspecified atom stereocenters. The van der Waals surface area contributed by atoms with E-state index in [1.54, 1.807) is 6.20 Å². The van der Waals surface area contributed by atoms with E-state index in [4.69, 9.17) is 11.6 Å². The highest BCUT2D eigenvalue weighted by molar-refractivity contribution is 6.31. The molecule has 1 aromatic heterocycles. The van der Waals surface area contributed by atoms with E-state index in [0.29, 0.717) is 0 Å². The van der Waals surface area contributed by atoms with Gasteiger partial charge in [-0.2, -0.15) is 0 Å². The summed E-state index contributed by atoms with van der Waals surface area (Å²) in [6.45, 7) is 6.94. The average Bonchev–Trinajstić information content (AvgIpc) is 2.41. The summed E-state index contributed by atoms with van der Waals surface area (Å²) in [5, 5.41) is 4.29. The predicted molar refractivity (Wildman–Crippen MR) is 83.1 cm³/mol. The van der Waals surface area contributed by atoms with Crippen molar-refractivity contribution in [2.75, 3.05) is 6.54 Å². The topological polar surface area (TPSA) is 37.8 Å². The quantitative estimate of drug-likeness (QED) is 0.913. The van der Waals surface area contributed by atoms with Gasteiger partial charge in [0.1, 0.15) is 5.82 Å². The number of halogens is 1. The third-order valence-electron chi connectivity index (χ3n) is 3.24. The molecule has 0 aliphatic carbocycles. The Morgan fingerprint density at radius 3 is 2.70 bits per heavy atom. The Hall–Kier alpha value is -1.45. The van der Waals surface area contributed by atoms with E-state index in [9.17, 15) is 0 Å². The van der Waals surface area contributed by atoms with Crippen LogP contribution in [0.3, 0.4) is 0 Å². The summed E-state index contributed by atoms with van der Waals surface area (Å²) in [7, 11) is 0. The minimum Gasteiger partial charge on any atom is -0.309 e. The Bertz CT molecular complexity index is 584. The molecule has 0 amide bonds. The highest BCUT2D eigenvalue weighted by Crippen LogP contribution is 2.23. The van der Waals surface area contributed by atoms with E-state index >= 15 is 0 Å². The first-order valence-electron chi connectivity index (χ1n) is 6.88. The third kappa shape index (κ3) is 3.78. The minimum atomic E-state index is 0.155. The van der Waals surface area contributed by atoms with E-state index in [2.05, 4.69) is 34.3 Å². The van der Waals surface area contributed by atoms with Crippen LogP contribution in [0.25, 0.3) is 0 Å². The molecule has 0 aliphatic heterocycles. The van der Waals surface area contributed by atoms with Crippen molar-refractivity contribution in [3.05, 3.63) is 58.1 Å². The van der Waals surface area contributed by atoms with Crippen molar-refractivity contribution in [1.29, 1.82) is 0 Å². The molecule has 1 atom stereocenters. The lowest BCUT2D eigenvalue weighted by molar-refractivity contribution is 0.534. The molecule has 1 aromatic carbocycles. The molecule has 2 rings (SSSR count). The van der Waals surface area contributed by atoms with Crippen LogP contribution < -0.4 is 5.32 Å². The van der Waals surface area contributed by atoms with Crippen molar-refractivity contribution in [2.24, 2.45) is 0 Å². The van der Waals surface area contributed by atoms with Gasteiger partial charge < -0.3 is 5.32 Å². The molecule has 0 spiro atoms. The molecule has 0 saturated heterocycles. The van der Waals surface area contributed by atoms with Crippen LogP contribution >= 0.6 is 11.6 Å². The Kier molecular flexibility index (Phi) is 5.10.